The van der Waals surface area contributed by atoms with Crippen LogP contribution in [0, 0.1) is 7.14 Å². The number of carbonyl (C=O) groups excluding carboxylic acids is 3. The lowest BCUT2D eigenvalue weighted by Gasteiger charge is -2.29. The highest BCUT2D eigenvalue weighted by atomic mass is 127. The fourth-order valence-electron chi connectivity index (χ4n) is 6.72. The number of halogens is 2. The molecule has 17 heteroatoms. The molecule has 51 heavy (non-hydrogen) atoms. The molecule has 1 atom stereocenters. The summed E-state index contributed by atoms with van der Waals surface area (Å²) in [6, 6.07) is 7.72. The Morgan fingerprint density at radius 2 is 1.59 bits per heavy atom. The quantitative estimate of drug-likeness (QED) is 0.108. The van der Waals surface area contributed by atoms with Gasteiger partial charge in [-0.2, -0.15) is 21.4 Å². The molecule has 2 aromatic carbocycles. The van der Waals surface area contributed by atoms with Gasteiger partial charge >= 0.3 is 5.97 Å². The Bertz CT molecular complexity index is 2230. The van der Waals surface area contributed by atoms with E-state index < -0.39 is 60.6 Å². The highest BCUT2D eigenvalue weighted by Gasteiger charge is 2.48. The van der Waals surface area contributed by atoms with E-state index in [0.717, 1.165) is 27.1 Å². The van der Waals surface area contributed by atoms with E-state index in [1.807, 2.05) is 25.3 Å². The third-order valence-electron chi connectivity index (χ3n) is 8.94. The van der Waals surface area contributed by atoms with Crippen molar-refractivity contribution in [1.82, 2.24) is 5.06 Å². The van der Waals surface area contributed by atoms with Crippen molar-refractivity contribution in [1.29, 1.82) is 0 Å². The molecular formula is C34H34I2N3O10S2+. The van der Waals surface area contributed by atoms with Gasteiger partial charge in [-0.3, -0.25) is 18.7 Å². The standard InChI is InChI=1S/C34H33I2N3O10S2/c1-33(2)27(37(4)26-17-21(35)16-24(36)32(26)33)10-8-6-5-7-9-11-28-34(3,20-50(43,44)45)23-18-22(51(46,47)48)12-13-25(23)38(28)19-31(42)49-39-29(40)14-15-30(39)41/h5-13,16-18H,14-15,19-20H2,1-4H3,(H-,43,44,45,46,47,48)/p+1. The summed E-state index contributed by atoms with van der Waals surface area (Å²) in [7, 11) is -7.41. The molecule has 270 valence electrons. The molecule has 0 aromatic heterocycles. The Kier molecular flexibility index (Phi) is 10.9. The van der Waals surface area contributed by atoms with Crippen LogP contribution in [0.15, 0.2) is 83.5 Å². The normalized spacial score (nSPS) is 21.3. The molecule has 2 amide bonds. The molecule has 0 spiro atoms. The van der Waals surface area contributed by atoms with Gasteiger partial charge in [0.15, 0.2) is 5.71 Å². The summed E-state index contributed by atoms with van der Waals surface area (Å²) in [5.74, 6) is -3.35. The minimum Gasteiger partial charge on any atom is -0.333 e. The zero-order valence-corrected chi connectivity index (χ0v) is 33.8. The number of imide groups is 1. The first-order valence-electron chi connectivity index (χ1n) is 15.4. The smallest absolute Gasteiger partial charge is 0.333 e. The van der Waals surface area contributed by atoms with Crippen LogP contribution >= 0.6 is 45.2 Å². The number of fused-ring (bicyclic) bond motifs is 2. The van der Waals surface area contributed by atoms with Crippen LogP contribution in [0.2, 0.25) is 0 Å². The number of amides is 2. The highest BCUT2D eigenvalue weighted by molar-refractivity contribution is 14.1. The van der Waals surface area contributed by atoms with Gasteiger partial charge < -0.3 is 9.74 Å². The van der Waals surface area contributed by atoms with E-state index in [2.05, 4.69) is 75.7 Å². The van der Waals surface area contributed by atoms with Crippen LogP contribution in [-0.2, 0) is 50.3 Å². The zero-order chi connectivity index (χ0) is 37.7. The third kappa shape index (κ3) is 7.92. The minimum absolute atomic E-state index is 0.0696. The van der Waals surface area contributed by atoms with E-state index in [1.165, 1.54) is 33.1 Å². The van der Waals surface area contributed by atoms with Crippen molar-refractivity contribution in [3.8, 4) is 0 Å². The number of allylic oxidation sites excluding steroid dienone is 8. The second-order valence-corrected chi connectivity index (χ2v) is 18.2. The number of hydroxylamine groups is 2. The lowest BCUT2D eigenvalue weighted by atomic mass is 9.81. The number of rotatable bonds is 10. The van der Waals surface area contributed by atoms with E-state index in [4.69, 9.17) is 4.84 Å². The molecule has 0 radical (unpaired) electrons. The van der Waals surface area contributed by atoms with Gasteiger partial charge in [0.1, 0.15) is 13.6 Å². The van der Waals surface area contributed by atoms with Gasteiger partial charge in [-0.05, 0) is 102 Å². The first-order valence-corrected chi connectivity index (χ1v) is 20.6. The summed E-state index contributed by atoms with van der Waals surface area (Å²) in [5, 5.41) is 0.378. The van der Waals surface area contributed by atoms with Gasteiger partial charge in [0.05, 0.1) is 27.0 Å². The van der Waals surface area contributed by atoms with Crippen molar-refractivity contribution in [3.63, 3.8) is 0 Å². The van der Waals surface area contributed by atoms with Gasteiger partial charge in [-0.1, -0.05) is 30.4 Å². The molecular weight excluding hydrogens is 928 g/mol. The summed E-state index contributed by atoms with van der Waals surface area (Å²) in [5.41, 5.74) is 2.01. The molecule has 1 saturated heterocycles. The topological polar surface area (TPSA) is 179 Å². The van der Waals surface area contributed by atoms with Gasteiger partial charge in [0.25, 0.3) is 32.1 Å². The van der Waals surface area contributed by atoms with Crippen LogP contribution in [0.25, 0.3) is 0 Å². The number of anilines is 1. The lowest BCUT2D eigenvalue weighted by Crippen LogP contribution is -2.39. The number of benzene rings is 2. The van der Waals surface area contributed by atoms with Crippen molar-refractivity contribution >= 4 is 100 Å². The van der Waals surface area contributed by atoms with E-state index >= 15 is 0 Å². The molecule has 1 unspecified atom stereocenters. The van der Waals surface area contributed by atoms with Crippen molar-refractivity contribution in [2.24, 2.45) is 0 Å². The molecule has 13 nitrogen and oxygen atoms in total. The fraction of sp³-hybridized carbons (Fsp3) is 0.294. The summed E-state index contributed by atoms with van der Waals surface area (Å²) in [6.07, 6.45) is 11.9. The van der Waals surface area contributed by atoms with E-state index in [9.17, 15) is 40.3 Å². The Hall–Kier alpha value is -3.24. The van der Waals surface area contributed by atoms with Gasteiger partial charge in [-0.25, -0.2) is 4.79 Å². The predicted molar refractivity (Wildman–Crippen MR) is 206 cm³/mol. The molecule has 1 fully saturated rings. The highest BCUT2D eigenvalue weighted by Crippen LogP contribution is 2.49. The van der Waals surface area contributed by atoms with Crippen molar-refractivity contribution in [2.45, 2.75) is 49.3 Å². The van der Waals surface area contributed by atoms with Gasteiger partial charge in [0.2, 0.25) is 5.69 Å². The second kappa shape index (κ2) is 14.3. The van der Waals surface area contributed by atoms with E-state index in [1.54, 1.807) is 18.2 Å². The van der Waals surface area contributed by atoms with Crippen LogP contribution < -0.4 is 4.90 Å². The van der Waals surface area contributed by atoms with Gasteiger partial charge in [0, 0.05) is 43.5 Å². The number of carbonyl (C=O) groups is 3. The van der Waals surface area contributed by atoms with E-state index in [-0.39, 0.29) is 35.2 Å². The van der Waals surface area contributed by atoms with Crippen LogP contribution in [-0.4, -0.2) is 78.4 Å². The van der Waals surface area contributed by atoms with Crippen LogP contribution in [0.4, 0.5) is 11.4 Å². The first-order chi connectivity index (χ1) is 23.6. The van der Waals surface area contributed by atoms with Crippen molar-refractivity contribution in [2.75, 3.05) is 24.2 Å². The average Bonchev–Trinajstić information content (AvgIpc) is 3.50. The molecule has 3 aliphatic heterocycles. The Labute approximate surface area is 323 Å². The molecule has 2 N–H and O–H groups in total. The number of hydrogen-bond acceptors (Lipinski definition) is 9. The summed E-state index contributed by atoms with van der Waals surface area (Å²) in [6.45, 7) is 5.15. The summed E-state index contributed by atoms with van der Waals surface area (Å²) in [4.78, 5) is 43.1. The third-order valence-corrected chi connectivity index (χ3v) is 12.2. The molecule has 3 heterocycles. The Morgan fingerprint density at radius 3 is 2.22 bits per heavy atom. The minimum atomic E-state index is -4.73. The van der Waals surface area contributed by atoms with E-state index in [0.29, 0.717) is 5.06 Å². The first kappa shape index (κ1) is 39.0. The summed E-state index contributed by atoms with van der Waals surface area (Å²) >= 11 is 4.68. The molecule has 0 saturated carbocycles. The predicted octanol–water partition coefficient (Wildman–Crippen LogP) is 4.97. The number of nitrogens with zero attached hydrogens (tertiary/aromatic N) is 3. The molecule has 0 bridgehead atoms. The maximum atomic E-state index is 13.1. The maximum absolute atomic E-state index is 13.1. The molecule has 2 aromatic rings. The molecule has 3 aliphatic rings. The van der Waals surface area contributed by atoms with Crippen molar-refractivity contribution in [3.05, 3.63) is 96.8 Å². The zero-order valence-electron chi connectivity index (χ0n) is 27.8. The van der Waals surface area contributed by atoms with Crippen LogP contribution in [0.5, 0.6) is 0 Å². The molecule has 5 rings (SSSR count). The average molecular weight is 963 g/mol. The van der Waals surface area contributed by atoms with Gasteiger partial charge in [-0.15, -0.1) is 5.06 Å². The van der Waals surface area contributed by atoms with Crippen LogP contribution in [0.1, 0.15) is 44.7 Å². The Morgan fingerprint density at radius 1 is 0.961 bits per heavy atom. The fourth-order valence-corrected chi connectivity index (χ4v) is 10.8. The second-order valence-electron chi connectivity index (χ2n) is 12.9. The molecule has 0 aliphatic carbocycles. The maximum Gasteiger partial charge on any atom is 0.352 e. The monoisotopic (exact) mass is 962 g/mol. The lowest BCUT2D eigenvalue weighted by molar-refractivity contribution is -0.401. The van der Waals surface area contributed by atoms with Crippen LogP contribution in [0.3, 0.4) is 0 Å². The summed E-state index contributed by atoms with van der Waals surface area (Å²) < 4.78 is 72.9. The van der Waals surface area contributed by atoms with Crippen molar-refractivity contribution < 1.29 is 49.7 Å². The number of hydrogen-bond donors (Lipinski definition) is 2. The Balaban J connectivity index is 1.48. The SMILES string of the molecule is C[N+]1=C(/C=C/C=C/C=C/C=C2\N(CC(=O)ON3C(=O)CCC3=O)c3ccc(S(=O)(=O)O)cc3C2(C)CS(=O)(=O)O)C(C)(C)c2c(I)cc(I)cc21. The largest absolute Gasteiger partial charge is 0.352 e.